The Balaban J connectivity index is 1.58. The lowest BCUT2D eigenvalue weighted by molar-refractivity contribution is -0.0500. The van der Waals surface area contributed by atoms with E-state index in [9.17, 15) is 9.90 Å². The molecule has 1 amide bonds. The summed E-state index contributed by atoms with van der Waals surface area (Å²) in [6, 6.07) is -0.0330. The minimum absolute atomic E-state index is 0.0330. The first-order chi connectivity index (χ1) is 8.92. The highest BCUT2D eigenvalue weighted by Gasteiger charge is 2.49. The van der Waals surface area contributed by atoms with E-state index in [-0.39, 0.29) is 11.6 Å². The van der Waals surface area contributed by atoms with Gasteiger partial charge in [-0.2, -0.15) is 0 Å². The number of rotatable bonds is 2. The van der Waals surface area contributed by atoms with Gasteiger partial charge < -0.3 is 14.6 Å². The molecule has 0 aromatic carbocycles. The maximum Gasteiger partial charge on any atom is 0.409 e. The quantitative estimate of drug-likeness (QED) is 0.836. The second-order valence-corrected chi connectivity index (χ2v) is 6.70. The van der Waals surface area contributed by atoms with Crippen LogP contribution < -0.4 is 0 Å². The maximum absolute atomic E-state index is 11.4. The molecule has 2 atom stereocenters. The Kier molecular flexibility index (Phi) is 3.02. The molecular formula is C14H23NO4. The van der Waals surface area contributed by atoms with Gasteiger partial charge in [-0.3, -0.25) is 4.90 Å². The predicted molar refractivity (Wildman–Crippen MR) is 68.9 cm³/mol. The minimum Gasteiger partial charge on any atom is -0.465 e. The largest absolute Gasteiger partial charge is 0.465 e. The van der Waals surface area contributed by atoms with Gasteiger partial charge in [0.1, 0.15) is 5.72 Å². The van der Waals surface area contributed by atoms with E-state index in [1.807, 2.05) is 13.8 Å². The number of nitrogens with zero attached hydrogens (tertiary/aromatic N) is 1. The van der Waals surface area contributed by atoms with Crippen LogP contribution in [0.1, 0.15) is 46.0 Å². The lowest BCUT2D eigenvalue weighted by Gasteiger charge is -2.34. The number of hydrogen-bond acceptors (Lipinski definition) is 3. The molecule has 3 fully saturated rings. The highest BCUT2D eigenvalue weighted by molar-refractivity contribution is 5.66. The zero-order valence-corrected chi connectivity index (χ0v) is 11.7. The van der Waals surface area contributed by atoms with Crippen molar-refractivity contribution in [1.82, 2.24) is 4.90 Å². The Morgan fingerprint density at radius 2 is 2.00 bits per heavy atom. The fraction of sp³-hybridized carbons (Fsp3) is 0.929. The van der Waals surface area contributed by atoms with Gasteiger partial charge in [-0.05, 0) is 51.9 Å². The van der Waals surface area contributed by atoms with Crippen molar-refractivity contribution in [1.29, 1.82) is 0 Å². The summed E-state index contributed by atoms with van der Waals surface area (Å²) in [5, 5.41) is 9.36. The zero-order valence-electron chi connectivity index (χ0n) is 11.7. The van der Waals surface area contributed by atoms with Crippen molar-refractivity contribution in [2.75, 3.05) is 13.2 Å². The summed E-state index contributed by atoms with van der Waals surface area (Å²) in [4.78, 5) is 12.9. The minimum atomic E-state index is -0.886. The van der Waals surface area contributed by atoms with E-state index < -0.39 is 11.8 Å². The van der Waals surface area contributed by atoms with E-state index in [1.54, 1.807) is 0 Å². The van der Waals surface area contributed by atoms with Crippen LogP contribution in [0.2, 0.25) is 0 Å². The fourth-order valence-corrected chi connectivity index (χ4v) is 3.47. The molecule has 2 saturated heterocycles. The lowest BCUT2D eigenvalue weighted by atomic mass is 9.91. The Morgan fingerprint density at radius 1 is 1.26 bits per heavy atom. The molecule has 0 radical (unpaired) electrons. The van der Waals surface area contributed by atoms with E-state index >= 15 is 0 Å². The average molecular weight is 269 g/mol. The summed E-state index contributed by atoms with van der Waals surface area (Å²) in [5.74, 6) is 0.468. The number of carboxylic acid groups (broad SMARTS) is 1. The fourth-order valence-electron chi connectivity index (χ4n) is 3.47. The average Bonchev–Trinajstić information content (AvgIpc) is 3.01. The summed E-state index contributed by atoms with van der Waals surface area (Å²) in [6.07, 6.45) is 4.68. The third-order valence-corrected chi connectivity index (χ3v) is 4.83. The summed E-state index contributed by atoms with van der Waals surface area (Å²) < 4.78 is 11.6. The summed E-state index contributed by atoms with van der Waals surface area (Å²) in [7, 11) is 0. The van der Waals surface area contributed by atoms with Crippen LogP contribution in [-0.2, 0) is 9.47 Å². The van der Waals surface area contributed by atoms with Gasteiger partial charge in [0.2, 0.25) is 0 Å². The van der Waals surface area contributed by atoms with Gasteiger partial charge in [-0.25, -0.2) is 4.79 Å². The molecule has 0 bridgehead atoms. The van der Waals surface area contributed by atoms with E-state index in [0.29, 0.717) is 12.5 Å². The Morgan fingerprint density at radius 3 is 2.53 bits per heavy atom. The molecule has 5 heteroatoms. The van der Waals surface area contributed by atoms with E-state index in [4.69, 9.17) is 9.47 Å². The number of hydrogen-bond donors (Lipinski definition) is 1. The smallest absolute Gasteiger partial charge is 0.409 e. The first-order valence-electron chi connectivity index (χ1n) is 7.22. The van der Waals surface area contributed by atoms with Gasteiger partial charge in [-0.15, -0.1) is 0 Å². The summed E-state index contributed by atoms with van der Waals surface area (Å²) >= 11 is 0. The van der Waals surface area contributed by atoms with Gasteiger partial charge in [0.05, 0.1) is 24.9 Å². The van der Waals surface area contributed by atoms with E-state index in [0.717, 1.165) is 25.9 Å². The van der Waals surface area contributed by atoms with Gasteiger partial charge in [0, 0.05) is 0 Å². The molecule has 0 aromatic rings. The van der Waals surface area contributed by atoms with Crippen molar-refractivity contribution in [3.05, 3.63) is 0 Å². The highest BCUT2D eigenvalue weighted by atomic mass is 16.5. The molecule has 3 aliphatic rings. The Labute approximate surface area is 113 Å². The molecule has 19 heavy (non-hydrogen) atoms. The normalized spacial score (nSPS) is 35.6. The van der Waals surface area contributed by atoms with Gasteiger partial charge in [-0.1, -0.05) is 0 Å². The molecule has 1 saturated carbocycles. The number of ether oxygens (including phenoxy) is 2. The van der Waals surface area contributed by atoms with Crippen molar-refractivity contribution in [2.24, 2.45) is 5.92 Å². The van der Waals surface area contributed by atoms with Gasteiger partial charge in [0.15, 0.2) is 0 Å². The molecule has 2 aliphatic heterocycles. The monoisotopic (exact) mass is 269 g/mol. The molecule has 2 heterocycles. The van der Waals surface area contributed by atoms with Crippen molar-refractivity contribution < 1.29 is 19.4 Å². The standard InChI is InChI=1S/C14H23NO4/c1-13(2)15(12(16)17)11(9-18-13)7-10-3-4-14(5-6-14)19-8-10/h10-11H,3-9H2,1-2H3,(H,16,17)/t10-,11?/m1/s1. The van der Waals surface area contributed by atoms with Crippen LogP contribution in [-0.4, -0.2) is 46.7 Å². The van der Waals surface area contributed by atoms with Crippen molar-refractivity contribution in [2.45, 2.75) is 63.3 Å². The maximum atomic E-state index is 11.4. The van der Waals surface area contributed by atoms with Crippen LogP contribution in [0.5, 0.6) is 0 Å². The second-order valence-electron chi connectivity index (χ2n) is 6.70. The van der Waals surface area contributed by atoms with Gasteiger partial charge in [0.25, 0.3) is 0 Å². The molecule has 1 N–H and O–H groups in total. The number of amides is 1. The zero-order chi connectivity index (χ0) is 13.7. The molecule has 3 rings (SSSR count). The molecule has 5 nitrogen and oxygen atoms in total. The van der Waals surface area contributed by atoms with Crippen molar-refractivity contribution in [3.63, 3.8) is 0 Å². The SMILES string of the molecule is CC1(C)OCC(C[C@H]2CCC3(CC3)OC2)N1C(=O)O. The number of carbonyl (C=O) groups is 1. The van der Waals surface area contributed by atoms with Crippen molar-refractivity contribution in [3.8, 4) is 0 Å². The first kappa shape index (κ1) is 13.2. The molecule has 0 aromatic heterocycles. The van der Waals surface area contributed by atoms with Crippen LogP contribution in [0, 0.1) is 5.92 Å². The highest BCUT2D eigenvalue weighted by Crippen LogP contribution is 2.48. The van der Waals surface area contributed by atoms with Crippen LogP contribution in [0.25, 0.3) is 0 Å². The third-order valence-electron chi connectivity index (χ3n) is 4.83. The van der Waals surface area contributed by atoms with E-state index in [2.05, 4.69) is 0 Å². The molecule has 1 spiro atoms. The third kappa shape index (κ3) is 2.46. The Bertz CT molecular complexity index is 368. The molecule has 108 valence electrons. The van der Waals surface area contributed by atoms with Crippen LogP contribution >= 0.6 is 0 Å². The van der Waals surface area contributed by atoms with E-state index in [1.165, 1.54) is 17.7 Å². The Hall–Kier alpha value is -0.810. The summed E-state index contributed by atoms with van der Waals surface area (Å²) in [5.41, 5.74) is -0.488. The van der Waals surface area contributed by atoms with Gasteiger partial charge >= 0.3 is 6.09 Å². The topological polar surface area (TPSA) is 59.0 Å². The van der Waals surface area contributed by atoms with Crippen LogP contribution in [0.3, 0.4) is 0 Å². The lowest BCUT2D eigenvalue weighted by Crippen LogP contribution is -2.48. The predicted octanol–water partition coefficient (Wildman–Crippen LogP) is 2.45. The first-order valence-corrected chi connectivity index (χ1v) is 7.22. The summed E-state index contributed by atoms with van der Waals surface area (Å²) in [6.45, 7) is 4.92. The molecule has 1 aliphatic carbocycles. The van der Waals surface area contributed by atoms with Crippen molar-refractivity contribution >= 4 is 6.09 Å². The molecule has 1 unspecified atom stereocenters. The molecular weight excluding hydrogens is 246 g/mol. The van der Waals surface area contributed by atoms with Crippen LogP contribution in [0.4, 0.5) is 4.79 Å². The second kappa shape index (κ2) is 4.35. The van der Waals surface area contributed by atoms with Crippen LogP contribution in [0.15, 0.2) is 0 Å².